The zero-order chi connectivity index (χ0) is 44.8. The van der Waals surface area contributed by atoms with Crippen LogP contribution >= 0.6 is 0 Å². The lowest BCUT2D eigenvalue weighted by atomic mass is 9.84. The van der Waals surface area contributed by atoms with E-state index in [9.17, 15) is 0 Å². The summed E-state index contributed by atoms with van der Waals surface area (Å²) in [6.07, 6.45) is 0. The lowest BCUT2D eigenvalue weighted by Gasteiger charge is -2.26. The van der Waals surface area contributed by atoms with Crippen molar-refractivity contribution in [3.05, 3.63) is 288 Å². The predicted molar refractivity (Wildman–Crippen MR) is 280 cm³/mol. The fourth-order valence-corrected chi connectivity index (χ4v) is 9.26. The predicted octanol–water partition coefficient (Wildman–Crippen LogP) is 17.7. The van der Waals surface area contributed by atoms with Gasteiger partial charge in [-0.15, -0.1) is 0 Å². The molecule has 0 N–H and O–H groups in total. The smallest absolute Gasteiger partial charge is 0.0464 e. The molecule has 2 heteroatoms. The van der Waals surface area contributed by atoms with Gasteiger partial charge in [0.05, 0.1) is 0 Å². The highest BCUT2D eigenvalue weighted by Gasteiger charge is 2.19. The number of anilines is 6. The Hall–Kier alpha value is -8.20. The summed E-state index contributed by atoms with van der Waals surface area (Å²) in [5, 5.41) is 0. The Morgan fingerprint density at radius 1 is 0.227 bits per heavy atom. The largest absolute Gasteiger partial charge is 0.310 e. The molecule has 1 unspecified atom stereocenters. The summed E-state index contributed by atoms with van der Waals surface area (Å²) in [4.78, 5) is 4.66. The molecule has 66 heavy (non-hydrogen) atoms. The molecule has 0 aliphatic heterocycles. The highest BCUT2D eigenvalue weighted by molar-refractivity contribution is 5.85. The van der Waals surface area contributed by atoms with Gasteiger partial charge in [0, 0.05) is 40.0 Å². The van der Waals surface area contributed by atoms with E-state index in [-0.39, 0.29) is 5.92 Å². The maximum atomic E-state index is 2.35. The number of para-hydroxylation sites is 2. The van der Waals surface area contributed by atoms with Crippen LogP contribution in [0.4, 0.5) is 34.1 Å². The first-order valence-electron chi connectivity index (χ1n) is 22.8. The van der Waals surface area contributed by atoms with Crippen LogP contribution < -0.4 is 9.80 Å². The number of aryl methyl sites for hydroxylation is 3. The van der Waals surface area contributed by atoms with Crippen molar-refractivity contribution in [3.63, 3.8) is 0 Å². The summed E-state index contributed by atoms with van der Waals surface area (Å²) in [5.41, 5.74) is 21.3. The highest BCUT2D eigenvalue weighted by atomic mass is 15.1. The molecule has 10 aromatic carbocycles. The first-order chi connectivity index (χ1) is 32.4. The summed E-state index contributed by atoms with van der Waals surface area (Å²) >= 11 is 0. The Morgan fingerprint density at radius 3 is 0.955 bits per heavy atom. The van der Waals surface area contributed by atoms with Gasteiger partial charge in [-0.25, -0.2) is 0 Å². The minimum atomic E-state index is 0.129. The number of nitrogens with zero attached hydrogens (tertiary/aromatic N) is 2. The van der Waals surface area contributed by atoms with Crippen molar-refractivity contribution in [3.8, 4) is 33.4 Å². The van der Waals surface area contributed by atoms with Gasteiger partial charge in [-0.3, -0.25) is 0 Å². The molecular formula is C64H52N2. The van der Waals surface area contributed by atoms with E-state index in [1.807, 2.05) is 0 Å². The topological polar surface area (TPSA) is 6.48 Å². The van der Waals surface area contributed by atoms with Crippen molar-refractivity contribution < 1.29 is 0 Å². The van der Waals surface area contributed by atoms with Crippen molar-refractivity contribution in [2.75, 3.05) is 9.80 Å². The molecule has 0 amide bonds. The molecule has 0 fully saturated rings. The molecule has 2 nitrogen and oxygen atoms in total. The minimum absolute atomic E-state index is 0.129. The van der Waals surface area contributed by atoms with Gasteiger partial charge in [0.2, 0.25) is 0 Å². The van der Waals surface area contributed by atoms with E-state index < -0.39 is 0 Å². The molecule has 318 valence electrons. The minimum Gasteiger partial charge on any atom is -0.310 e. The van der Waals surface area contributed by atoms with Crippen LogP contribution in [0.1, 0.15) is 39.3 Å². The fraction of sp³-hybridized carbons (Fsp3) is 0.0625. The molecule has 0 saturated carbocycles. The van der Waals surface area contributed by atoms with Crippen molar-refractivity contribution >= 4 is 34.1 Å². The average Bonchev–Trinajstić information content (AvgIpc) is 3.36. The van der Waals surface area contributed by atoms with Crippen LogP contribution in [0, 0.1) is 20.8 Å². The lowest BCUT2D eigenvalue weighted by Crippen LogP contribution is -2.09. The Labute approximate surface area is 390 Å². The van der Waals surface area contributed by atoms with E-state index >= 15 is 0 Å². The van der Waals surface area contributed by atoms with Crippen LogP contribution in [0.15, 0.2) is 255 Å². The van der Waals surface area contributed by atoms with E-state index in [0.717, 1.165) is 56.4 Å². The molecule has 0 heterocycles. The quantitative estimate of drug-likeness (QED) is 0.113. The molecule has 0 aliphatic carbocycles. The normalized spacial score (nSPS) is 11.5. The molecule has 1 atom stereocenters. The lowest BCUT2D eigenvalue weighted by molar-refractivity contribution is 0.975. The Bertz CT molecular complexity index is 2830. The van der Waals surface area contributed by atoms with E-state index in [2.05, 4.69) is 285 Å². The second kappa shape index (κ2) is 18.9. The Balaban J connectivity index is 1.06. The van der Waals surface area contributed by atoms with Crippen LogP contribution in [0.2, 0.25) is 0 Å². The van der Waals surface area contributed by atoms with Crippen LogP contribution in [-0.4, -0.2) is 0 Å². The van der Waals surface area contributed by atoms with Crippen LogP contribution in [-0.2, 0) is 0 Å². The highest BCUT2D eigenvalue weighted by Crippen LogP contribution is 2.41. The Morgan fingerprint density at radius 2 is 0.545 bits per heavy atom. The molecule has 10 rings (SSSR count). The van der Waals surface area contributed by atoms with Gasteiger partial charge < -0.3 is 9.80 Å². The summed E-state index contributed by atoms with van der Waals surface area (Å²) < 4.78 is 0. The third-order valence-electron chi connectivity index (χ3n) is 12.5. The number of hydrogen-bond donors (Lipinski definition) is 0. The third-order valence-corrected chi connectivity index (χ3v) is 12.5. The second-order valence-corrected chi connectivity index (χ2v) is 17.3. The first-order valence-corrected chi connectivity index (χ1v) is 22.8. The van der Waals surface area contributed by atoms with E-state index in [4.69, 9.17) is 0 Å². The fourth-order valence-electron chi connectivity index (χ4n) is 9.26. The summed E-state index contributed by atoms with van der Waals surface area (Å²) in [5.74, 6) is 0.129. The number of benzene rings is 10. The summed E-state index contributed by atoms with van der Waals surface area (Å²) in [6.45, 7) is 6.47. The molecule has 0 radical (unpaired) electrons. The van der Waals surface area contributed by atoms with Gasteiger partial charge in [0.1, 0.15) is 0 Å². The second-order valence-electron chi connectivity index (χ2n) is 17.3. The number of hydrogen-bond acceptors (Lipinski definition) is 2. The maximum Gasteiger partial charge on any atom is 0.0464 e. The monoisotopic (exact) mass is 848 g/mol. The van der Waals surface area contributed by atoms with Gasteiger partial charge in [-0.1, -0.05) is 169 Å². The molecule has 0 aliphatic rings. The molecular weight excluding hydrogens is 797 g/mol. The van der Waals surface area contributed by atoms with Crippen molar-refractivity contribution in [2.45, 2.75) is 26.7 Å². The van der Waals surface area contributed by atoms with Gasteiger partial charge in [-0.05, 0) is 173 Å². The zero-order valence-electron chi connectivity index (χ0n) is 37.7. The van der Waals surface area contributed by atoms with Gasteiger partial charge in [0.15, 0.2) is 0 Å². The van der Waals surface area contributed by atoms with Gasteiger partial charge in [0.25, 0.3) is 0 Å². The van der Waals surface area contributed by atoms with E-state index in [1.54, 1.807) is 0 Å². The summed E-state index contributed by atoms with van der Waals surface area (Å²) in [7, 11) is 0. The molecule has 10 aromatic rings. The molecule has 0 aromatic heterocycles. The van der Waals surface area contributed by atoms with Gasteiger partial charge in [-0.2, -0.15) is 0 Å². The number of rotatable bonds is 12. The van der Waals surface area contributed by atoms with Crippen molar-refractivity contribution in [2.24, 2.45) is 0 Å². The van der Waals surface area contributed by atoms with E-state index in [1.165, 1.54) is 44.5 Å². The summed E-state index contributed by atoms with van der Waals surface area (Å²) in [6, 6.07) is 92.8. The molecule has 0 saturated heterocycles. The van der Waals surface area contributed by atoms with Gasteiger partial charge >= 0.3 is 0 Å². The average molecular weight is 849 g/mol. The van der Waals surface area contributed by atoms with Crippen molar-refractivity contribution in [1.29, 1.82) is 0 Å². The third kappa shape index (κ3) is 9.09. The molecule has 0 bridgehead atoms. The maximum absolute atomic E-state index is 2.35. The first kappa shape index (κ1) is 41.8. The Kier molecular flexibility index (Phi) is 12.0. The van der Waals surface area contributed by atoms with Crippen molar-refractivity contribution in [1.82, 2.24) is 0 Å². The van der Waals surface area contributed by atoms with Crippen LogP contribution in [0.25, 0.3) is 33.4 Å². The van der Waals surface area contributed by atoms with E-state index in [0.29, 0.717) is 0 Å². The van der Waals surface area contributed by atoms with Crippen LogP contribution in [0.5, 0.6) is 0 Å². The van der Waals surface area contributed by atoms with Crippen LogP contribution in [0.3, 0.4) is 0 Å². The SMILES string of the molecule is Cc1cccc(C(c2ccccc2)c2ccc(-c3cc(-c4ccc(N(c5ccccc5)c5cccc(C)c5)cc4)cc(-c4ccc(N(c5ccccc5)c5cccc(C)c5)cc4)c3)cc2)c1. The zero-order valence-corrected chi connectivity index (χ0v) is 37.7. The standard InChI is InChI=1S/C64H52N2/c1-46-16-13-21-54(40-46)64(52-19-7-4-8-20-52)53-30-28-49(29-31-53)55-43-56(50-32-36-60(37-33-50)65(58-22-9-5-10-23-58)62-26-14-17-47(2)41-62)45-57(44-55)51-34-38-61(39-35-51)66(59-24-11-6-12-25-59)63-27-15-18-48(3)42-63/h4-45,64H,1-3H3. The molecule has 0 spiro atoms.